The van der Waals surface area contributed by atoms with Gasteiger partial charge >= 0.3 is 0 Å². The van der Waals surface area contributed by atoms with Crippen molar-refractivity contribution in [2.24, 2.45) is 0 Å². The number of aromatic nitrogens is 2. The van der Waals surface area contributed by atoms with Gasteiger partial charge in [0.25, 0.3) is 0 Å². The molecule has 1 heterocycles. The monoisotopic (exact) mass is 373 g/mol. The zero-order chi connectivity index (χ0) is 15.4. The van der Waals surface area contributed by atoms with E-state index in [0.717, 1.165) is 23.1 Å². The lowest BCUT2D eigenvalue weighted by Gasteiger charge is -2.22. The van der Waals surface area contributed by atoms with Gasteiger partial charge in [0.2, 0.25) is 0 Å². The molecular weight excluding hydrogens is 357 g/mol. The topological polar surface area (TPSA) is 29.9 Å². The molecule has 0 fully saturated rings. The molecule has 0 saturated carbocycles. The van der Waals surface area contributed by atoms with Gasteiger partial charge in [0.1, 0.15) is 5.82 Å². The van der Waals surface area contributed by atoms with Gasteiger partial charge in [-0.3, -0.25) is 4.68 Å². The normalized spacial score (nSPS) is 12.6. The number of aryl methyl sites for hydroxylation is 1. The molecule has 1 aromatic carbocycles. The first-order chi connectivity index (χ1) is 10.1. The van der Waals surface area contributed by atoms with Crippen LogP contribution in [0.1, 0.15) is 37.6 Å². The molecule has 0 spiro atoms. The molecule has 0 radical (unpaired) electrons. The van der Waals surface area contributed by atoms with Gasteiger partial charge in [-0.1, -0.05) is 24.6 Å². The van der Waals surface area contributed by atoms with Gasteiger partial charge in [-0.15, -0.1) is 0 Å². The maximum atomic E-state index is 14.3. The Kier molecular flexibility index (Phi) is 5.79. The molecule has 1 unspecified atom stereocenters. The zero-order valence-electron chi connectivity index (χ0n) is 12.0. The fourth-order valence-corrected chi connectivity index (χ4v) is 3.12. The van der Waals surface area contributed by atoms with Crippen molar-refractivity contribution in [3.05, 3.63) is 51.0 Å². The first-order valence-electron chi connectivity index (χ1n) is 6.98. The van der Waals surface area contributed by atoms with Gasteiger partial charge in [0, 0.05) is 17.1 Å². The highest BCUT2D eigenvalue weighted by Gasteiger charge is 2.25. The first-order valence-corrected chi connectivity index (χ1v) is 8.15. The van der Waals surface area contributed by atoms with Crippen LogP contribution in [0, 0.1) is 5.82 Å². The highest BCUT2D eigenvalue weighted by molar-refractivity contribution is 9.10. The molecule has 0 aliphatic carbocycles. The predicted molar refractivity (Wildman–Crippen MR) is 87.1 cm³/mol. The van der Waals surface area contributed by atoms with Crippen LogP contribution >= 0.6 is 27.5 Å². The van der Waals surface area contributed by atoms with E-state index >= 15 is 0 Å². The molecule has 2 rings (SSSR count). The Balaban J connectivity index is 2.55. The highest BCUT2D eigenvalue weighted by Crippen LogP contribution is 2.34. The summed E-state index contributed by atoms with van der Waals surface area (Å²) in [5.41, 5.74) is 1.35. The third-order valence-electron chi connectivity index (χ3n) is 3.29. The Hall–Kier alpha value is -0.910. The molecule has 3 nitrogen and oxygen atoms in total. The quantitative estimate of drug-likeness (QED) is 0.804. The highest BCUT2D eigenvalue weighted by atomic mass is 79.9. The van der Waals surface area contributed by atoms with Crippen LogP contribution < -0.4 is 5.32 Å². The molecule has 114 valence electrons. The summed E-state index contributed by atoms with van der Waals surface area (Å²) in [7, 11) is 0. The van der Waals surface area contributed by atoms with E-state index in [1.165, 1.54) is 6.07 Å². The summed E-state index contributed by atoms with van der Waals surface area (Å²) in [5.74, 6) is -0.313. The minimum atomic E-state index is -0.338. The average molecular weight is 375 g/mol. The number of halogens is 3. The molecule has 0 aliphatic rings. The maximum absolute atomic E-state index is 14.3. The summed E-state index contributed by atoms with van der Waals surface area (Å²) < 4.78 is 17.0. The van der Waals surface area contributed by atoms with Crippen molar-refractivity contribution in [3.63, 3.8) is 0 Å². The van der Waals surface area contributed by atoms with Crippen LogP contribution in [-0.2, 0) is 6.54 Å². The van der Waals surface area contributed by atoms with E-state index in [0.29, 0.717) is 17.1 Å². The van der Waals surface area contributed by atoms with Gasteiger partial charge in [-0.2, -0.15) is 5.10 Å². The Morgan fingerprint density at radius 3 is 2.81 bits per heavy atom. The molecule has 21 heavy (non-hydrogen) atoms. The summed E-state index contributed by atoms with van der Waals surface area (Å²) in [6.07, 6.45) is 2.68. The van der Waals surface area contributed by atoms with Gasteiger partial charge < -0.3 is 5.32 Å². The first kappa shape index (κ1) is 16.5. The van der Waals surface area contributed by atoms with E-state index in [1.807, 2.05) is 11.6 Å². The number of hydrogen-bond acceptors (Lipinski definition) is 2. The van der Waals surface area contributed by atoms with Crippen LogP contribution in [0.4, 0.5) is 4.39 Å². The Bertz CT molecular complexity index is 595. The van der Waals surface area contributed by atoms with E-state index in [9.17, 15) is 4.39 Å². The molecule has 6 heteroatoms. The molecule has 0 bridgehead atoms. The van der Waals surface area contributed by atoms with Crippen LogP contribution in [0.2, 0.25) is 5.02 Å². The number of nitrogens with zero attached hydrogens (tertiary/aromatic N) is 2. The third-order valence-corrected chi connectivity index (χ3v) is 4.23. The summed E-state index contributed by atoms with van der Waals surface area (Å²) in [5, 5.41) is 8.10. The van der Waals surface area contributed by atoms with Crippen LogP contribution in [-0.4, -0.2) is 16.3 Å². The smallest absolute Gasteiger partial charge is 0.129 e. The SMILES string of the molecule is CCCNC(c1c(F)cccc1Cl)c1c(Br)cnn1CC. The van der Waals surface area contributed by atoms with Gasteiger partial charge in [-0.05, 0) is 48.0 Å². The standard InChI is InChI=1S/C15H18BrClFN3/c1-3-8-19-14(13-11(17)6-5-7-12(13)18)15-10(16)9-20-21(15)4-2/h5-7,9,14,19H,3-4,8H2,1-2H3. The van der Waals surface area contributed by atoms with Crippen molar-refractivity contribution in [1.29, 1.82) is 0 Å². The summed E-state index contributed by atoms with van der Waals surface area (Å²) >= 11 is 9.75. The largest absolute Gasteiger partial charge is 0.305 e. The van der Waals surface area contributed by atoms with E-state index in [1.54, 1.807) is 18.3 Å². The molecule has 0 amide bonds. The maximum Gasteiger partial charge on any atom is 0.129 e. The Morgan fingerprint density at radius 2 is 2.19 bits per heavy atom. The van der Waals surface area contributed by atoms with Gasteiger partial charge in [0.05, 0.1) is 22.4 Å². The van der Waals surface area contributed by atoms with Crippen molar-refractivity contribution in [2.75, 3.05) is 6.54 Å². The summed E-state index contributed by atoms with van der Waals surface area (Å²) in [6.45, 7) is 5.54. The van der Waals surface area contributed by atoms with E-state index < -0.39 is 0 Å². The fourth-order valence-electron chi connectivity index (χ4n) is 2.32. The molecule has 1 N–H and O–H groups in total. The van der Waals surface area contributed by atoms with Crippen molar-refractivity contribution >= 4 is 27.5 Å². The lowest BCUT2D eigenvalue weighted by Crippen LogP contribution is -2.27. The summed E-state index contributed by atoms with van der Waals surface area (Å²) in [4.78, 5) is 0. The molecule has 1 aromatic heterocycles. The van der Waals surface area contributed by atoms with Crippen molar-refractivity contribution in [1.82, 2.24) is 15.1 Å². The van der Waals surface area contributed by atoms with Gasteiger partial charge in [-0.25, -0.2) is 4.39 Å². The van der Waals surface area contributed by atoms with Crippen LogP contribution in [0.5, 0.6) is 0 Å². The second-order valence-corrected chi connectivity index (χ2v) is 5.98. The van der Waals surface area contributed by atoms with Crippen LogP contribution in [0.15, 0.2) is 28.9 Å². The number of hydrogen-bond donors (Lipinski definition) is 1. The van der Waals surface area contributed by atoms with E-state index in [4.69, 9.17) is 11.6 Å². The van der Waals surface area contributed by atoms with Crippen molar-refractivity contribution < 1.29 is 4.39 Å². The predicted octanol–water partition coefficient (Wildman–Crippen LogP) is 4.55. The van der Waals surface area contributed by atoms with Crippen molar-refractivity contribution in [3.8, 4) is 0 Å². The second kappa shape index (κ2) is 7.38. The van der Waals surface area contributed by atoms with Gasteiger partial charge in [0.15, 0.2) is 0 Å². The third kappa shape index (κ3) is 3.47. The Morgan fingerprint density at radius 1 is 1.43 bits per heavy atom. The molecule has 2 aromatic rings. The van der Waals surface area contributed by atoms with E-state index in [-0.39, 0.29) is 11.9 Å². The fraction of sp³-hybridized carbons (Fsp3) is 0.400. The zero-order valence-corrected chi connectivity index (χ0v) is 14.4. The van der Waals surface area contributed by atoms with Crippen LogP contribution in [0.3, 0.4) is 0 Å². The second-order valence-electron chi connectivity index (χ2n) is 4.72. The number of rotatable bonds is 6. The van der Waals surface area contributed by atoms with Crippen LogP contribution in [0.25, 0.3) is 0 Å². The minimum absolute atomic E-state index is 0.313. The number of benzene rings is 1. The Labute approximate surface area is 137 Å². The molecule has 1 atom stereocenters. The average Bonchev–Trinajstić information content (AvgIpc) is 2.83. The lowest BCUT2D eigenvalue weighted by molar-refractivity contribution is 0.504. The molecular formula is C15H18BrClFN3. The lowest BCUT2D eigenvalue weighted by atomic mass is 10.0. The minimum Gasteiger partial charge on any atom is -0.305 e. The van der Waals surface area contributed by atoms with Crippen molar-refractivity contribution in [2.45, 2.75) is 32.9 Å². The summed E-state index contributed by atoms with van der Waals surface area (Å²) in [6, 6.07) is 4.42. The van der Waals surface area contributed by atoms with E-state index in [2.05, 4.69) is 33.3 Å². The molecule has 0 aliphatic heterocycles. The number of nitrogens with one attached hydrogen (secondary N) is 1. The molecule has 0 saturated heterocycles.